The third-order valence-corrected chi connectivity index (χ3v) is 4.16. The molecule has 0 spiro atoms. The van der Waals surface area contributed by atoms with Crippen molar-refractivity contribution in [1.82, 2.24) is 10.2 Å². The van der Waals surface area contributed by atoms with Gasteiger partial charge in [0.05, 0.1) is 6.54 Å². The Labute approximate surface area is 128 Å². The minimum Gasteiger partial charge on any atom is -0.480 e. The Morgan fingerprint density at radius 1 is 1.29 bits per heavy atom. The van der Waals surface area contributed by atoms with Crippen LogP contribution in [0.4, 0.5) is 0 Å². The van der Waals surface area contributed by atoms with E-state index in [0.29, 0.717) is 18.4 Å². The van der Waals surface area contributed by atoms with Crippen LogP contribution < -0.4 is 5.32 Å². The third-order valence-electron chi connectivity index (χ3n) is 4.16. The van der Waals surface area contributed by atoms with Crippen molar-refractivity contribution < 1.29 is 14.7 Å². The van der Waals surface area contributed by atoms with Crippen LogP contribution in [0, 0.1) is 11.8 Å². The Kier molecular flexibility index (Phi) is 8.35. The molecule has 1 aliphatic heterocycles. The highest BCUT2D eigenvalue weighted by Gasteiger charge is 2.27. The first-order valence-corrected chi connectivity index (χ1v) is 8.29. The lowest BCUT2D eigenvalue weighted by molar-refractivity contribution is -0.138. The van der Waals surface area contributed by atoms with Gasteiger partial charge in [-0.3, -0.25) is 9.59 Å². The van der Waals surface area contributed by atoms with Gasteiger partial charge in [-0.25, -0.2) is 0 Å². The predicted molar refractivity (Wildman–Crippen MR) is 83.1 cm³/mol. The highest BCUT2D eigenvalue weighted by Crippen LogP contribution is 2.22. The van der Waals surface area contributed by atoms with Gasteiger partial charge in [0, 0.05) is 25.6 Å². The number of nitrogens with one attached hydrogen (secondary N) is 1. The summed E-state index contributed by atoms with van der Waals surface area (Å²) in [6, 6.07) is 0. The van der Waals surface area contributed by atoms with Crippen LogP contribution in [0.5, 0.6) is 0 Å². The number of carboxylic acids is 1. The van der Waals surface area contributed by atoms with Crippen molar-refractivity contribution in [2.45, 2.75) is 52.4 Å². The highest BCUT2D eigenvalue weighted by molar-refractivity contribution is 5.78. The zero-order valence-electron chi connectivity index (χ0n) is 13.4. The quantitative estimate of drug-likeness (QED) is 0.684. The topological polar surface area (TPSA) is 69.6 Å². The van der Waals surface area contributed by atoms with E-state index in [-0.39, 0.29) is 12.5 Å². The van der Waals surface area contributed by atoms with Gasteiger partial charge in [0.15, 0.2) is 0 Å². The second-order valence-electron chi connectivity index (χ2n) is 6.09. The summed E-state index contributed by atoms with van der Waals surface area (Å²) >= 11 is 0. The summed E-state index contributed by atoms with van der Waals surface area (Å²) in [4.78, 5) is 25.1. The van der Waals surface area contributed by atoms with Gasteiger partial charge in [-0.15, -0.1) is 0 Å². The summed E-state index contributed by atoms with van der Waals surface area (Å²) in [6.07, 6.45) is 6.15. The number of hydrogen-bond donors (Lipinski definition) is 2. The Hall–Kier alpha value is -1.10. The van der Waals surface area contributed by atoms with Gasteiger partial charge < -0.3 is 15.3 Å². The second kappa shape index (κ2) is 9.77. The smallest absolute Gasteiger partial charge is 0.317 e. The molecule has 1 aliphatic rings. The first kappa shape index (κ1) is 18.0. The van der Waals surface area contributed by atoms with E-state index in [9.17, 15) is 9.59 Å². The van der Waals surface area contributed by atoms with Gasteiger partial charge in [0.1, 0.15) is 0 Å². The molecule has 1 heterocycles. The fraction of sp³-hybridized carbons (Fsp3) is 0.875. The van der Waals surface area contributed by atoms with Crippen LogP contribution in [0.15, 0.2) is 0 Å². The Bertz CT molecular complexity index is 327. The van der Waals surface area contributed by atoms with Crippen molar-refractivity contribution >= 4 is 11.9 Å². The summed E-state index contributed by atoms with van der Waals surface area (Å²) in [6.45, 7) is 6.57. The molecule has 0 aromatic carbocycles. The lowest BCUT2D eigenvalue weighted by Crippen LogP contribution is -2.45. The van der Waals surface area contributed by atoms with Crippen molar-refractivity contribution in [2.75, 3.05) is 26.2 Å². The molecule has 0 aromatic heterocycles. The number of hydrogen-bond acceptors (Lipinski definition) is 3. The van der Waals surface area contributed by atoms with E-state index in [1.54, 1.807) is 0 Å². The number of rotatable bonds is 9. The molecule has 0 bridgehead atoms. The largest absolute Gasteiger partial charge is 0.480 e. The second-order valence-corrected chi connectivity index (χ2v) is 6.09. The van der Waals surface area contributed by atoms with E-state index in [0.717, 1.165) is 51.6 Å². The Morgan fingerprint density at radius 2 is 1.95 bits per heavy atom. The zero-order chi connectivity index (χ0) is 15.7. The minimum absolute atomic E-state index is 0.00125. The molecule has 5 nitrogen and oxygen atoms in total. The van der Waals surface area contributed by atoms with Crippen LogP contribution in [-0.2, 0) is 9.59 Å². The molecule has 1 unspecified atom stereocenters. The lowest BCUT2D eigenvalue weighted by atomic mass is 9.93. The minimum atomic E-state index is -0.829. The Balaban J connectivity index is 2.45. The average molecular weight is 298 g/mol. The van der Waals surface area contributed by atoms with E-state index in [2.05, 4.69) is 19.2 Å². The van der Waals surface area contributed by atoms with E-state index in [1.807, 2.05) is 4.90 Å². The molecule has 2 N–H and O–H groups in total. The predicted octanol–water partition coefficient (Wildman–Crippen LogP) is 2.12. The number of carbonyl (C=O) groups is 2. The number of nitrogens with zero attached hydrogens (tertiary/aromatic N) is 1. The maximum atomic E-state index is 12.6. The molecule has 21 heavy (non-hydrogen) atoms. The molecule has 122 valence electrons. The van der Waals surface area contributed by atoms with Gasteiger partial charge in [-0.2, -0.15) is 0 Å². The summed E-state index contributed by atoms with van der Waals surface area (Å²) in [5.41, 5.74) is 0. The van der Waals surface area contributed by atoms with Crippen LogP contribution in [0.2, 0.25) is 0 Å². The fourth-order valence-electron chi connectivity index (χ4n) is 3.16. The van der Waals surface area contributed by atoms with E-state index >= 15 is 0 Å². The Morgan fingerprint density at radius 3 is 2.52 bits per heavy atom. The molecule has 1 atom stereocenters. The summed E-state index contributed by atoms with van der Waals surface area (Å²) < 4.78 is 0. The van der Waals surface area contributed by atoms with E-state index in [4.69, 9.17) is 5.11 Å². The summed E-state index contributed by atoms with van der Waals surface area (Å²) in [7, 11) is 0. The van der Waals surface area contributed by atoms with Crippen LogP contribution in [0.25, 0.3) is 0 Å². The molecule has 0 aromatic rings. The van der Waals surface area contributed by atoms with Crippen molar-refractivity contribution in [1.29, 1.82) is 0 Å². The molecular formula is C16H30N2O3. The first-order chi connectivity index (χ1) is 10.1. The van der Waals surface area contributed by atoms with Gasteiger partial charge in [-0.1, -0.05) is 26.7 Å². The van der Waals surface area contributed by atoms with Gasteiger partial charge in [0.2, 0.25) is 5.91 Å². The zero-order valence-corrected chi connectivity index (χ0v) is 13.4. The van der Waals surface area contributed by atoms with E-state index < -0.39 is 5.97 Å². The standard InChI is InChI=1S/C16H30N2O3/c1-3-6-14(7-4-2)16(21)18-9-5-8-13(12-18)10-17-11-15(19)20/h13-14,17H,3-12H2,1-2H3,(H,19,20). The van der Waals surface area contributed by atoms with Crippen LogP contribution in [0.1, 0.15) is 52.4 Å². The van der Waals surface area contributed by atoms with E-state index in [1.165, 1.54) is 0 Å². The van der Waals surface area contributed by atoms with Crippen molar-refractivity contribution in [3.8, 4) is 0 Å². The average Bonchev–Trinajstić information content (AvgIpc) is 2.46. The van der Waals surface area contributed by atoms with Crippen LogP contribution in [0.3, 0.4) is 0 Å². The van der Waals surface area contributed by atoms with Crippen LogP contribution in [-0.4, -0.2) is 48.1 Å². The number of amides is 1. The van der Waals surface area contributed by atoms with Crippen LogP contribution >= 0.6 is 0 Å². The maximum Gasteiger partial charge on any atom is 0.317 e. The monoisotopic (exact) mass is 298 g/mol. The molecule has 0 aliphatic carbocycles. The molecule has 0 saturated carbocycles. The first-order valence-electron chi connectivity index (χ1n) is 8.29. The molecule has 0 radical (unpaired) electrons. The normalized spacial score (nSPS) is 19.0. The van der Waals surface area contributed by atoms with Crippen molar-refractivity contribution in [2.24, 2.45) is 11.8 Å². The highest BCUT2D eigenvalue weighted by atomic mass is 16.4. The number of likely N-dealkylation sites (tertiary alicyclic amines) is 1. The number of aliphatic carboxylic acids is 1. The lowest BCUT2D eigenvalue weighted by Gasteiger charge is -2.35. The van der Waals surface area contributed by atoms with Gasteiger partial charge in [-0.05, 0) is 31.6 Å². The maximum absolute atomic E-state index is 12.6. The van der Waals surface area contributed by atoms with Gasteiger partial charge in [0.25, 0.3) is 0 Å². The molecule has 1 saturated heterocycles. The third kappa shape index (κ3) is 6.46. The molecular weight excluding hydrogens is 268 g/mol. The number of piperidine rings is 1. The number of carboxylic acid groups (broad SMARTS) is 1. The molecule has 1 fully saturated rings. The number of carbonyl (C=O) groups excluding carboxylic acids is 1. The summed E-state index contributed by atoms with van der Waals surface area (Å²) in [5.74, 6) is 0.0306. The SMILES string of the molecule is CCCC(CCC)C(=O)N1CCCC(CNCC(=O)O)C1. The van der Waals surface area contributed by atoms with Gasteiger partial charge >= 0.3 is 5.97 Å². The summed E-state index contributed by atoms with van der Waals surface area (Å²) in [5, 5.41) is 11.6. The fourth-order valence-corrected chi connectivity index (χ4v) is 3.16. The molecule has 1 rings (SSSR count). The van der Waals surface area contributed by atoms with Crippen molar-refractivity contribution in [3.63, 3.8) is 0 Å². The molecule has 1 amide bonds. The molecule has 5 heteroatoms. The van der Waals surface area contributed by atoms with Crippen molar-refractivity contribution in [3.05, 3.63) is 0 Å².